The van der Waals surface area contributed by atoms with Crippen LogP contribution in [0.4, 0.5) is 0 Å². The van der Waals surface area contributed by atoms with Crippen molar-refractivity contribution in [3.63, 3.8) is 0 Å². The summed E-state index contributed by atoms with van der Waals surface area (Å²) in [6.07, 6.45) is 7.12. The highest BCUT2D eigenvalue weighted by Gasteiger charge is 2.41. The third-order valence-electron chi connectivity index (χ3n) is 4.24. The number of nitrogens with two attached hydrogens (primary N) is 1. The van der Waals surface area contributed by atoms with Gasteiger partial charge in [0.05, 0.1) is 0 Å². The smallest absolute Gasteiger partial charge is 0.0120 e. The van der Waals surface area contributed by atoms with Crippen LogP contribution in [0.2, 0.25) is 0 Å². The molecule has 0 radical (unpaired) electrons. The van der Waals surface area contributed by atoms with Gasteiger partial charge in [0.15, 0.2) is 0 Å². The second kappa shape index (κ2) is 2.96. The zero-order valence-corrected chi connectivity index (χ0v) is 8.28. The lowest BCUT2D eigenvalue weighted by Crippen LogP contribution is -2.55. The molecule has 0 spiro atoms. The van der Waals surface area contributed by atoms with E-state index in [2.05, 4.69) is 4.90 Å². The van der Waals surface area contributed by atoms with Crippen LogP contribution in [-0.4, -0.2) is 30.1 Å². The van der Waals surface area contributed by atoms with Crippen LogP contribution >= 0.6 is 0 Å². The summed E-state index contributed by atoms with van der Waals surface area (Å²) >= 11 is 0. The van der Waals surface area contributed by atoms with E-state index in [-0.39, 0.29) is 0 Å². The molecular weight excluding hydrogens is 160 g/mol. The van der Waals surface area contributed by atoms with Crippen LogP contribution in [0.25, 0.3) is 0 Å². The standard InChI is InChI=1S/C11H20N2/c12-11-8-2-1-3-9(11)7-13(6-8)10-4-5-10/h8-11H,1-7,12H2/t8-,9-/m1/s1. The maximum Gasteiger partial charge on any atom is 0.0120 e. The van der Waals surface area contributed by atoms with E-state index < -0.39 is 0 Å². The van der Waals surface area contributed by atoms with Gasteiger partial charge < -0.3 is 5.73 Å². The van der Waals surface area contributed by atoms with E-state index in [0.717, 1.165) is 17.9 Å². The van der Waals surface area contributed by atoms with E-state index in [1.807, 2.05) is 0 Å². The summed E-state index contributed by atoms with van der Waals surface area (Å²) < 4.78 is 0. The molecule has 74 valence electrons. The molecule has 13 heavy (non-hydrogen) atoms. The summed E-state index contributed by atoms with van der Waals surface area (Å²) in [5, 5.41) is 0. The van der Waals surface area contributed by atoms with Crippen molar-refractivity contribution in [2.75, 3.05) is 13.1 Å². The van der Waals surface area contributed by atoms with Crippen LogP contribution in [0.3, 0.4) is 0 Å². The predicted octanol–water partition coefficient (Wildman–Crippen LogP) is 1.21. The van der Waals surface area contributed by atoms with Gasteiger partial charge in [0.1, 0.15) is 0 Å². The van der Waals surface area contributed by atoms with Gasteiger partial charge in [-0.3, -0.25) is 4.90 Å². The predicted molar refractivity (Wildman–Crippen MR) is 53.4 cm³/mol. The average Bonchev–Trinajstić information content (AvgIpc) is 2.85. The lowest BCUT2D eigenvalue weighted by atomic mass is 9.74. The Hall–Kier alpha value is -0.0800. The number of hydrogen-bond donors (Lipinski definition) is 1. The van der Waals surface area contributed by atoms with Crippen LogP contribution in [-0.2, 0) is 0 Å². The Kier molecular flexibility index (Phi) is 1.88. The van der Waals surface area contributed by atoms with Gasteiger partial charge in [0.2, 0.25) is 0 Å². The Morgan fingerprint density at radius 3 is 2.08 bits per heavy atom. The number of rotatable bonds is 1. The molecule has 2 bridgehead atoms. The largest absolute Gasteiger partial charge is 0.327 e. The first-order chi connectivity index (χ1) is 6.34. The molecule has 0 aromatic carbocycles. The summed E-state index contributed by atoms with van der Waals surface area (Å²) in [5.41, 5.74) is 6.24. The summed E-state index contributed by atoms with van der Waals surface area (Å²) in [6.45, 7) is 2.62. The molecule has 0 amide bonds. The fraction of sp³-hybridized carbons (Fsp3) is 1.00. The van der Waals surface area contributed by atoms with Gasteiger partial charge in [-0.1, -0.05) is 6.42 Å². The highest BCUT2D eigenvalue weighted by atomic mass is 15.2. The van der Waals surface area contributed by atoms with E-state index in [9.17, 15) is 0 Å². The molecule has 0 unspecified atom stereocenters. The number of nitrogens with zero attached hydrogens (tertiary/aromatic N) is 1. The zero-order chi connectivity index (χ0) is 8.84. The lowest BCUT2D eigenvalue weighted by Gasteiger charge is -2.46. The molecule has 1 aliphatic heterocycles. The Morgan fingerprint density at radius 2 is 1.54 bits per heavy atom. The third kappa shape index (κ3) is 1.40. The molecule has 2 saturated carbocycles. The molecule has 3 rings (SSSR count). The van der Waals surface area contributed by atoms with Crippen LogP contribution in [0.1, 0.15) is 32.1 Å². The molecule has 3 fully saturated rings. The van der Waals surface area contributed by atoms with Crippen LogP contribution < -0.4 is 5.73 Å². The molecule has 1 saturated heterocycles. The fourth-order valence-electron chi connectivity index (χ4n) is 3.25. The molecule has 2 heteroatoms. The highest BCUT2D eigenvalue weighted by Crippen LogP contribution is 2.38. The SMILES string of the molecule is NC1[C@@H]2CCC[C@@H]1CN(C1CC1)C2. The van der Waals surface area contributed by atoms with E-state index in [1.165, 1.54) is 45.2 Å². The van der Waals surface area contributed by atoms with Crippen molar-refractivity contribution in [3.05, 3.63) is 0 Å². The van der Waals surface area contributed by atoms with Crippen LogP contribution in [0, 0.1) is 11.8 Å². The topological polar surface area (TPSA) is 29.3 Å². The molecule has 3 aliphatic rings. The summed E-state index contributed by atoms with van der Waals surface area (Å²) in [4.78, 5) is 2.72. The van der Waals surface area contributed by atoms with Crippen LogP contribution in [0.15, 0.2) is 0 Å². The van der Waals surface area contributed by atoms with Crippen molar-refractivity contribution in [2.45, 2.75) is 44.2 Å². The van der Waals surface area contributed by atoms with Gasteiger partial charge in [-0.2, -0.15) is 0 Å². The number of piperidine rings is 1. The zero-order valence-electron chi connectivity index (χ0n) is 8.28. The minimum absolute atomic E-state index is 0.531. The Morgan fingerprint density at radius 1 is 0.923 bits per heavy atom. The first-order valence-electron chi connectivity index (χ1n) is 5.84. The quantitative estimate of drug-likeness (QED) is 0.657. The molecule has 0 aromatic rings. The first kappa shape index (κ1) is 8.25. The van der Waals surface area contributed by atoms with Gasteiger partial charge in [0, 0.05) is 25.2 Å². The number of hydrogen-bond acceptors (Lipinski definition) is 2. The minimum atomic E-state index is 0.531. The van der Waals surface area contributed by atoms with Gasteiger partial charge in [-0.25, -0.2) is 0 Å². The third-order valence-corrected chi connectivity index (χ3v) is 4.24. The Labute approximate surface area is 80.5 Å². The van der Waals surface area contributed by atoms with Crippen molar-refractivity contribution in [1.82, 2.24) is 4.90 Å². The van der Waals surface area contributed by atoms with E-state index in [1.54, 1.807) is 0 Å². The first-order valence-corrected chi connectivity index (χ1v) is 5.84. The van der Waals surface area contributed by atoms with Gasteiger partial charge in [0.25, 0.3) is 0 Å². The van der Waals surface area contributed by atoms with Crippen molar-refractivity contribution < 1.29 is 0 Å². The Bertz CT molecular complexity index is 186. The maximum atomic E-state index is 6.24. The molecule has 2 atom stereocenters. The summed E-state index contributed by atoms with van der Waals surface area (Å²) in [7, 11) is 0. The molecule has 2 aliphatic carbocycles. The molecule has 0 aromatic heterocycles. The van der Waals surface area contributed by atoms with Gasteiger partial charge in [-0.05, 0) is 37.5 Å². The molecule has 2 N–H and O–H groups in total. The molecule has 1 heterocycles. The van der Waals surface area contributed by atoms with Crippen molar-refractivity contribution in [1.29, 1.82) is 0 Å². The Balaban J connectivity index is 1.72. The highest BCUT2D eigenvalue weighted by molar-refractivity contribution is 4.97. The van der Waals surface area contributed by atoms with E-state index >= 15 is 0 Å². The van der Waals surface area contributed by atoms with Crippen molar-refractivity contribution in [2.24, 2.45) is 17.6 Å². The second-order valence-corrected chi connectivity index (χ2v) is 5.21. The number of fused-ring (bicyclic) bond motifs is 2. The summed E-state index contributed by atoms with van der Waals surface area (Å²) in [6, 6.07) is 1.49. The van der Waals surface area contributed by atoms with Gasteiger partial charge in [-0.15, -0.1) is 0 Å². The monoisotopic (exact) mass is 180 g/mol. The van der Waals surface area contributed by atoms with Crippen LogP contribution in [0.5, 0.6) is 0 Å². The summed E-state index contributed by atoms with van der Waals surface area (Å²) in [5.74, 6) is 1.65. The van der Waals surface area contributed by atoms with Gasteiger partial charge >= 0.3 is 0 Å². The maximum absolute atomic E-state index is 6.24. The minimum Gasteiger partial charge on any atom is -0.327 e. The fourth-order valence-corrected chi connectivity index (χ4v) is 3.25. The van der Waals surface area contributed by atoms with Crippen molar-refractivity contribution in [3.8, 4) is 0 Å². The van der Waals surface area contributed by atoms with Crippen molar-refractivity contribution >= 4 is 0 Å². The molecule has 2 nitrogen and oxygen atoms in total. The molecular formula is C11H20N2. The second-order valence-electron chi connectivity index (χ2n) is 5.21. The van der Waals surface area contributed by atoms with E-state index in [4.69, 9.17) is 5.73 Å². The average molecular weight is 180 g/mol. The lowest BCUT2D eigenvalue weighted by molar-refractivity contribution is 0.0586. The number of likely N-dealkylation sites (tertiary alicyclic amines) is 1. The van der Waals surface area contributed by atoms with E-state index in [0.29, 0.717) is 6.04 Å². The normalized spacial score (nSPS) is 46.4.